The van der Waals surface area contributed by atoms with Gasteiger partial charge in [0.25, 0.3) is 0 Å². The molecule has 13 heavy (non-hydrogen) atoms. The summed E-state index contributed by atoms with van der Waals surface area (Å²) < 4.78 is 35.7. The van der Waals surface area contributed by atoms with E-state index in [0.717, 1.165) is 24.7 Å². The van der Waals surface area contributed by atoms with Crippen molar-refractivity contribution in [3.8, 4) is 0 Å². The molecule has 1 saturated heterocycles. The lowest BCUT2D eigenvalue weighted by Gasteiger charge is -2.22. The van der Waals surface area contributed by atoms with E-state index in [9.17, 15) is 13.2 Å². The summed E-state index contributed by atoms with van der Waals surface area (Å²) in [6.45, 7) is 0.964. The third-order valence-electron chi connectivity index (χ3n) is 2.36. The lowest BCUT2D eigenvalue weighted by Crippen LogP contribution is -2.33. The van der Waals surface area contributed by atoms with Crippen LogP contribution in [-0.2, 0) is 0 Å². The number of rotatable bonds is 3. The van der Waals surface area contributed by atoms with Gasteiger partial charge in [-0.1, -0.05) is 15.9 Å². The highest BCUT2D eigenvalue weighted by molar-refractivity contribution is 9.09. The number of halogens is 4. The van der Waals surface area contributed by atoms with E-state index in [1.54, 1.807) is 0 Å². The summed E-state index contributed by atoms with van der Waals surface area (Å²) in [5, 5.41) is 0.783. The second-order valence-corrected chi connectivity index (χ2v) is 4.00. The first-order chi connectivity index (χ1) is 6.03. The minimum atomic E-state index is -4.01. The van der Waals surface area contributed by atoms with Crippen molar-refractivity contribution in [2.24, 2.45) is 0 Å². The molecule has 0 spiro atoms. The molecule has 1 nitrogen and oxygen atoms in total. The first kappa shape index (κ1) is 11.3. The summed E-state index contributed by atoms with van der Waals surface area (Å²) >= 11 is 3.31. The highest BCUT2D eigenvalue weighted by atomic mass is 79.9. The number of likely N-dealkylation sites (tertiary alicyclic amines) is 1. The summed E-state index contributed by atoms with van der Waals surface area (Å²) in [7, 11) is 0. The Morgan fingerprint density at radius 1 is 1.38 bits per heavy atom. The maximum absolute atomic E-state index is 11.9. The van der Waals surface area contributed by atoms with Gasteiger partial charge in [-0.15, -0.1) is 0 Å². The van der Waals surface area contributed by atoms with Gasteiger partial charge in [-0.05, 0) is 19.4 Å². The summed E-state index contributed by atoms with van der Waals surface area (Å²) in [6.07, 6.45) is -2.66. The summed E-state index contributed by atoms with van der Waals surface area (Å²) in [5.41, 5.74) is 0. The summed E-state index contributed by atoms with van der Waals surface area (Å²) in [4.78, 5) is 1.92. The average molecular weight is 260 g/mol. The first-order valence-electron chi connectivity index (χ1n) is 4.39. The Labute approximate surface area is 84.4 Å². The number of alkyl halides is 4. The molecular weight excluding hydrogens is 247 g/mol. The normalized spacial score (nSPS) is 25.4. The van der Waals surface area contributed by atoms with Crippen LogP contribution in [0, 0.1) is 0 Å². The van der Waals surface area contributed by atoms with Crippen molar-refractivity contribution in [2.45, 2.75) is 31.5 Å². The van der Waals surface area contributed by atoms with Gasteiger partial charge in [-0.25, -0.2) is 0 Å². The molecule has 78 valence electrons. The SMILES string of the molecule is FC(F)(F)CCN1CCCC1CBr. The second-order valence-electron chi connectivity index (χ2n) is 3.35. The van der Waals surface area contributed by atoms with E-state index < -0.39 is 12.6 Å². The zero-order valence-corrected chi connectivity index (χ0v) is 8.87. The quantitative estimate of drug-likeness (QED) is 0.705. The van der Waals surface area contributed by atoms with Crippen molar-refractivity contribution in [3.05, 3.63) is 0 Å². The highest BCUT2D eigenvalue weighted by Crippen LogP contribution is 2.24. The standard InChI is InChI=1S/C8H13BrF3N/c9-6-7-2-1-4-13(7)5-3-8(10,11)12/h7H,1-6H2. The third-order valence-corrected chi connectivity index (χ3v) is 3.11. The van der Waals surface area contributed by atoms with Gasteiger partial charge >= 0.3 is 6.18 Å². The van der Waals surface area contributed by atoms with Gasteiger partial charge in [-0.2, -0.15) is 13.2 Å². The first-order valence-corrected chi connectivity index (χ1v) is 5.52. The molecule has 0 bridgehead atoms. The molecule has 0 saturated carbocycles. The van der Waals surface area contributed by atoms with Crippen LogP contribution in [0.5, 0.6) is 0 Å². The lowest BCUT2D eigenvalue weighted by molar-refractivity contribution is -0.138. The maximum Gasteiger partial charge on any atom is 0.390 e. The minimum absolute atomic E-state index is 0.153. The molecule has 1 aliphatic rings. The van der Waals surface area contributed by atoms with Gasteiger partial charge in [0.05, 0.1) is 6.42 Å². The van der Waals surface area contributed by atoms with Gasteiger partial charge in [0, 0.05) is 17.9 Å². The fourth-order valence-electron chi connectivity index (χ4n) is 1.63. The van der Waals surface area contributed by atoms with Gasteiger partial charge in [0.1, 0.15) is 0 Å². The Balaban J connectivity index is 2.28. The maximum atomic E-state index is 11.9. The zero-order chi connectivity index (χ0) is 9.90. The van der Waals surface area contributed by atoms with E-state index in [1.165, 1.54) is 0 Å². The monoisotopic (exact) mass is 259 g/mol. The molecule has 0 amide bonds. The predicted octanol–water partition coefficient (Wildman–Crippen LogP) is 2.80. The number of nitrogens with zero attached hydrogens (tertiary/aromatic N) is 1. The molecule has 0 radical (unpaired) electrons. The van der Waals surface area contributed by atoms with Crippen molar-refractivity contribution in [3.63, 3.8) is 0 Å². The Morgan fingerprint density at radius 2 is 2.08 bits per heavy atom. The minimum Gasteiger partial charge on any atom is -0.299 e. The largest absolute Gasteiger partial charge is 0.390 e. The molecule has 1 atom stereocenters. The highest BCUT2D eigenvalue weighted by Gasteiger charge is 2.31. The lowest BCUT2D eigenvalue weighted by atomic mass is 10.2. The molecule has 1 unspecified atom stereocenters. The molecule has 0 aromatic heterocycles. The van der Waals surface area contributed by atoms with Crippen LogP contribution in [0.4, 0.5) is 13.2 Å². The van der Waals surface area contributed by atoms with E-state index in [4.69, 9.17) is 0 Å². The zero-order valence-electron chi connectivity index (χ0n) is 7.28. The van der Waals surface area contributed by atoms with Crippen molar-refractivity contribution in [1.82, 2.24) is 4.90 Å². The van der Waals surface area contributed by atoms with Crippen LogP contribution in [0.15, 0.2) is 0 Å². The van der Waals surface area contributed by atoms with Crippen LogP contribution < -0.4 is 0 Å². The molecule has 0 N–H and O–H groups in total. The van der Waals surface area contributed by atoms with Crippen LogP contribution in [-0.4, -0.2) is 35.5 Å². The average Bonchev–Trinajstić information content (AvgIpc) is 2.46. The second kappa shape index (κ2) is 4.64. The Morgan fingerprint density at radius 3 is 2.62 bits per heavy atom. The van der Waals surface area contributed by atoms with E-state index >= 15 is 0 Å². The van der Waals surface area contributed by atoms with Crippen LogP contribution in [0.3, 0.4) is 0 Å². The van der Waals surface area contributed by atoms with Crippen molar-refractivity contribution < 1.29 is 13.2 Å². The molecule has 1 aliphatic heterocycles. The van der Waals surface area contributed by atoms with E-state index in [1.807, 2.05) is 4.90 Å². The molecule has 0 aromatic rings. The topological polar surface area (TPSA) is 3.24 Å². The van der Waals surface area contributed by atoms with Crippen LogP contribution >= 0.6 is 15.9 Å². The Bertz CT molecular complexity index is 160. The van der Waals surface area contributed by atoms with Gasteiger partial charge < -0.3 is 0 Å². The van der Waals surface area contributed by atoms with Crippen molar-refractivity contribution in [1.29, 1.82) is 0 Å². The van der Waals surface area contributed by atoms with Gasteiger partial charge in [-0.3, -0.25) is 4.90 Å². The molecule has 5 heteroatoms. The fraction of sp³-hybridized carbons (Fsp3) is 1.00. The van der Waals surface area contributed by atoms with Crippen molar-refractivity contribution >= 4 is 15.9 Å². The molecule has 1 heterocycles. The molecule has 0 aliphatic carbocycles. The molecular formula is C8H13BrF3N. The van der Waals surface area contributed by atoms with Crippen LogP contribution in [0.2, 0.25) is 0 Å². The summed E-state index contributed by atoms with van der Waals surface area (Å²) in [5.74, 6) is 0. The van der Waals surface area contributed by atoms with Crippen LogP contribution in [0.1, 0.15) is 19.3 Å². The Hall–Kier alpha value is 0.230. The number of hydrogen-bond donors (Lipinski definition) is 0. The van der Waals surface area contributed by atoms with Crippen molar-refractivity contribution in [2.75, 3.05) is 18.4 Å². The summed E-state index contributed by atoms with van der Waals surface area (Å²) in [6, 6.07) is 0.308. The van der Waals surface area contributed by atoms with E-state index in [2.05, 4.69) is 15.9 Å². The fourth-order valence-corrected chi connectivity index (χ4v) is 2.37. The third kappa shape index (κ3) is 3.85. The predicted molar refractivity (Wildman–Crippen MR) is 49.1 cm³/mol. The number of hydrogen-bond acceptors (Lipinski definition) is 1. The van der Waals surface area contributed by atoms with Crippen LogP contribution in [0.25, 0.3) is 0 Å². The molecule has 1 rings (SSSR count). The van der Waals surface area contributed by atoms with E-state index in [0.29, 0.717) is 6.04 Å². The molecule has 1 fully saturated rings. The molecule has 0 aromatic carbocycles. The van der Waals surface area contributed by atoms with E-state index in [-0.39, 0.29) is 6.54 Å². The smallest absolute Gasteiger partial charge is 0.299 e. The van der Waals surface area contributed by atoms with Gasteiger partial charge in [0.2, 0.25) is 0 Å². The van der Waals surface area contributed by atoms with Gasteiger partial charge in [0.15, 0.2) is 0 Å². The Kier molecular flexibility index (Phi) is 4.04.